The third-order valence-electron chi connectivity index (χ3n) is 3.49. The van der Waals surface area contributed by atoms with Crippen LogP contribution in [0.1, 0.15) is 5.56 Å². The molecule has 2 aromatic rings. The molecule has 1 N–H and O–H groups in total. The average molecular weight is 414 g/mol. The van der Waals surface area contributed by atoms with Crippen molar-refractivity contribution in [3.8, 4) is 17.2 Å². The molecule has 1 aliphatic rings. The van der Waals surface area contributed by atoms with Crippen LogP contribution in [0.2, 0.25) is 0 Å². The molecule has 0 aromatic heterocycles. The molecule has 0 radical (unpaired) electrons. The van der Waals surface area contributed by atoms with Crippen molar-refractivity contribution in [1.82, 2.24) is 5.32 Å². The summed E-state index contributed by atoms with van der Waals surface area (Å²) < 4.78 is 41.2. The molecule has 5 nitrogen and oxygen atoms in total. The summed E-state index contributed by atoms with van der Waals surface area (Å²) in [5, 5.41) is 2.65. The number of fused-ring (bicyclic) bond motifs is 1. The van der Waals surface area contributed by atoms with Crippen LogP contribution < -0.4 is 19.5 Å². The summed E-state index contributed by atoms with van der Waals surface area (Å²) in [7, 11) is 0. The number of hydrogen-bond acceptors (Lipinski definition) is 4. The molecular weight excluding hydrogens is 400 g/mol. The van der Waals surface area contributed by atoms with Gasteiger partial charge in [0.15, 0.2) is 11.5 Å². The van der Waals surface area contributed by atoms with Gasteiger partial charge in [-0.15, -0.1) is 0 Å². The zero-order valence-corrected chi connectivity index (χ0v) is 14.5. The Morgan fingerprint density at radius 2 is 2.04 bits per heavy atom. The van der Waals surface area contributed by atoms with Crippen molar-refractivity contribution in [3.63, 3.8) is 0 Å². The second-order valence-corrected chi connectivity index (χ2v) is 6.13. The van der Waals surface area contributed by atoms with E-state index in [0.717, 1.165) is 0 Å². The van der Waals surface area contributed by atoms with E-state index in [1.54, 1.807) is 36.4 Å². The third-order valence-corrected chi connectivity index (χ3v) is 3.99. The second kappa shape index (κ2) is 7.69. The average Bonchev–Trinajstić information content (AvgIpc) is 2.60. The molecule has 8 heteroatoms. The second-order valence-electron chi connectivity index (χ2n) is 5.21. The number of alkyl halides is 2. The van der Waals surface area contributed by atoms with E-state index >= 15 is 0 Å². The molecule has 3 rings (SSSR count). The lowest BCUT2D eigenvalue weighted by atomic mass is 10.2. The number of rotatable bonds is 5. The number of hydrogen-bond donors (Lipinski definition) is 1. The largest absolute Gasteiger partial charge is 0.485 e. The fraction of sp³-hybridized carbons (Fsp3) is 0.235. The van der Waals surface area contributed by atoms with Crippen LogP contribution in [-0.4, -0.2) is 25.2 Å². The van der Waals surface area contributed by atoms with Crippen molar-refractivity contribution in [3.05, 3.63) is 52.5 Å². The normalized spacial score (nSPS) is 15.8. The number of para-hydroxylation sites is 2. The SMILES string of the molecule is O=C(NCc1cc(Br)ccc1OC(F)F)C1COc2ccccc2O1. The van der Waals surface area contributed by atoms with Gasteiger partial charge >= 0.3 is 6.61 Å². The lowest BCUT2D eigenvalue weighted by molar-refractivity contribution is -0.130. The quantitative estimate of drug-likeness (QED) is 0.814. The van der Waals surface area contributed by atoms with E-state index in [0.29, 0.717) is 21.5 Å². The number of benzene rings is 2. The maximum atomic E-state index is 12.5. The molecule has 1 amide bonds. The highest BCUT2D eigenvalue weighted by atomic mass is 79.9. The topological polar surface area (TPSA) is 56.8 Å². The molecule has 0 fully saturated rings. The van der Waals surface area contributed by atoms with Gasteiger partial charge in [0, 0.05) is 16.6 Å². The van der Waals surface area contributed by atoms with Gasteiger partial charge < -0.3 is 19.5 Å². The molecule has 25 heavy (non-hydrogen) atoms. The number of ether oxygens (including phenoxy) is 3. The summed E-state index contributed by atoms with van der Waals surface area (Å²) in [6.07, 6.45) is -0.818. The minimum Gasteiger partial charge on any atom is -0.485 e. The molecule has 2 aromatic carbocycles. The van der Waals surface area contributed by atoms with Crippen LogP contribution in [0.3, 0.4) is 0 Å². The van der Waals surface area contributed by atoms with Gasteiger partial charge in [0.05, 0.1) is 0 Å². The minimum atomic E-state index is -2.94. The number of carbonyl (C=O) groups excluding carboxylic acids is 1. The number of nitrogens with one attached hydrogen (secondary N) is 1. The van der Waals surface area contributed by atoms with Gasteiger partial charge in [0.25, 0.3) is 5.91 Å². The van der Waals surface area contributed by atoms with Crippen LogP contribution >= 0.6 is 15.9 Å². The van der Waals surface area contributed by atoms with Gasteiger partial charge in [-0.2, -0.15) is 8.78 Å². The van der Waals surface area contributed by atoms with Crippen molar-refractivity contribution < 1.29 is 27.8 Å². The molecule has 0 aliphatic carbocycles. The molecule has 0 saturated heterocycles. The Morgan fingerprint density at radius 1 is 1.28 bits per heavy atom. The van der Waals surface area contributed by atoms with Gasteiger partial charge in [0.1, 0.15) is 12.4 Å². The molecule has 132 valence electrons. The van der Waals surface area contributed by atoms with Crippen molar-refractivity contribution in [2.24, 2.45) is 0 Å². The lowest BCUT2D eigenvalue weighted by Crippen LogP contribution is -2.43. The molecule has 1 heterocycles. The molecule has 0 saturated carbocycles. The Hall–Kier alpha value is -2.35. The fourth-order valence-corrected chi connectivity index (χ4v) is 2.75. The molecule has 0 spiro atoms. The third kappa shape index (κ3) is 4.39. The standard InChI is InChI=1S/C17H14BrF2NO4/c18-11-5-6-12(25-17(19)20)10(7-11)8-21-16(22)15-9-23-13-3-1-2-4-14(13)24-15/h1-7,15,17H,8-9H2,(H,21,22). The van der Waals surface area contributed by atoms with Crippen LogP contribution in [0.15, 0.2) is 46.9 Å². The zero-order chi connectivity index (χ0) is 17.8. The first kappa shape index (κ1) is 17.5. The smallest absolute Gasteiger partial charge is 0.387 e. The highest BCUT2D eigenvalue weighted by Gasteiger charge is 2.27. The Labute approximate surface area is 151 Å². The van der Waals surface area contributed by atoms with Crippen molar-refractivity contribution >= 4 is 21.8 Å². The molecule has 0 bridgehead atoms. The van der Waals surface area contributed by atoms with Gasteiger partial charge in [-0.3, -0.25) is 4.79 Å². The molecule has 1 aliphatic heterocycles. The van der Waals surface area contributed by atoms with Gasteiger partial charge in [-0.1, -0.05) is 28.1 Å². The molecular formula is C17H14BrF2NO4. The number of carbonyl (C=O) groups is 1. The van der Waals surface area contributed by atoms with E-state index in [1.165, 1.54) is 6.07 Å². The summed E-state index contributed by atoms with van der Waals surface area (Å²) in [6, 6.07) is 11.6. The van der Waals surface area contributed by atoms with Gasteiger partial charge in [-0.25, -0.2) is 0 Å². The van der Waals surface area contributed by atoms with Crippen molar-refractivity contribution in [2.45, 2.75) is 19.3 Å². The maximum absolute atomic E-state index is 12.5. The monoisotopic (exact) mass is 413 g/mol. The van der Waals surface area contributed by atoms with E-state index < -0.39 is 18.6 Å². The summed E-state index contributed by atoms with van der Waals surface area (Å²) in [5.74, 6) is 0.659. The Balaban J connectivity index is 1.64. The Kier molecular flexibility index (Phi) is 5.37. The number of amides is 1. The Morgan fingerprint density at radius 3 is 2.80 bits per heavy atom. The van der Waals surface area contributed by atoms with E-state index in [9.17, 15) is 13.6 Å². The van der Waals surface area contributed by atoms with Gasteiger partial charge in [0.2, 0.25) is 6.10 Å². The zero-order valence-electron chi connectivity index (χ0n) is 12.9. The summed E-state index contributed by atoms with van der Waals surface area (Å²) in [4.78, 5) is 12.3. The number of halogens is 3. The van der Waals surface area contributed by atoms with Crippen LogP contribution in [0, 0.1) is 0 Å². The highest BCUT2D eigenvalue weighted by molar-refractivity contribution is 9.10. The maximum Gasteiger partial charge on any atom is 0.387 e. The molecule has 1 atom stereocenters. The predicted molar refractivity (Wildman–Crippen MR) is 89.0 cm³/mol. The molecule has 1 unspecified atom stereocenters. The van der Waals surface area contributed by atoms with E-state index in [4.69, 9.17) is 9.47 Å². The predicted octanol–water partition coefficient (Wildman–Crippen LogP) is 3.51. The van der Waals surface area contributed by atoms with Gasteiger partial charge in [-0.05, 0) is 30.3 Å². The summed E-state index contributed by atoms with van der Waals surface area (Å²) in [6.45, 7) is -2.86. The Bertz CT molecular complexity index is 772. The first-order chi connectivity index (χ1) is 12.0. The van der Waals surface area contributed by atoms with Crippen LogP contribution in [0.4, 0.5) is 8.78 Å². The summed E-state index contributed by atoms with van der Waals surface area (Å²) >= 11 is 3.26. The lowest BCUT2D eigenvalue weighted by Gasteiger charge is -2.25. The summed E-state index contributed by atoms with van der Waals surface area (Å²) in [5.41, 5.74) is 0.417. The van der Waals surface area contributed by atoms with Crippen molar-refractivity contribution in [1.29, 1.82) is 0 Å². The van der Waals surface area contributed by atoms with E-state index in [1.807, 2.05) is 0 Å². The van der Waals surface area contributed by atoms with E-state index in [-0.39, 0.29) is 18.9 Å². The highest BCUT2D eigenvalue weighted by Crippen LogP contribution is 2.31. The minimum absolute atomic E-state index is 0.00431. The van der Waals surface area contributed by atoms with Crippen LogP contribution in [0.25, 0.3) is 0 Å². The van der Waals surface area contributed by atoms with Crippen LogP contribution in [-0.2, 0) is 11.3 Å². The van der Waals surface area contributed by atoms with E-state index in [2.05, 4.69) is 26.0 Å². The van der Waals surface area contributed by atoms with Crippen molar-refractivity contribution in [2.75, 3.05) is 6.61 Å². The van der Waals surface area contributed by atoms with Crippen LogP contribution in [0.5, 0.6) is 17.2 Å². The fourth-order valence-electron chi connectivity index (χ4n) is 2.34. The first-order valence-electron chi connectivity index (χ1n) is 7.42. The first-order valence-corrected chi connectivity index (χ1v) is 8.21.